The van der Waals surface area contributed by atoms with Crippen LogP contribution in [0.3, 0.4) is 0 Å². The monoisotopic (exact) mass is 451 g/mol. The molecule has 0 unspecified atom stereocenters. The number of ketones is 3. The van der Waals surface area contributed by atoms with Gasteiger partial charge in [0.15, 0.2) is 17.3 Å². The van der Waals surface area contributed by atoms with Crippen molar-refractivity contribution in [3.8, 4) is 17.2 Å². The fraction of sp³-hybridized carbons (Fsp3) is 0.320. The third kappa shape index (κ3) is 3.33. The van der Waals surface area contributed by atoms with Crippen molar-refractivity contribution < 1.29 is 33.8 Å². The quantitative estimate of drug-likeness (QED) is 0.264. The maximum absolute atomic E-state index is 13.7. The van der Waals surface area contributed by atoms with E-state index >= 15 is 0 Å². The summed E-state index contributed by atoms with van der Waals surface area (Å²) in [6.45, 7) is 6.42. The lowest BCUT2D eigenvalue weighted by molar-refractivity contribution is -0.123. The molecule has 1 atom stereocenters. The number of allylic oxidation sites excluding steroid dienone is 4. The summed E-state index contributed by atoms with van der Waals surface area (Å²) in [6, 6.07) is 3.70. The average molecular weight is 451 g/mol. The Bertz CT molecular complexity index is 1250. The van der Waals surface area contributed by atoms with E-state index in [-0.39, 0.29) is 39.5 Å². The summed E-state index contributed by atoms with van der Waals surface area (Å²) in [7, 11) is 0. The van der Waals surface area contributed by atoms with Crippen molar-refractivity contribution >= 4 is 17.3 Å². The molecule has 0 saturated heterocycles. The van der Waals surface area contributed by atoms with E-state index in [1.165, 1.54) is 19.9 Å². The highest BCUT2D eigenvalue weighted by molar-refractivity contribution is 6.31. The normalized spacial score (nSPS) is 20.7. The molecule has 8 nitrogen and oxygen atoms in total. The number of benzene rings is 1. The Balaban J connectivity index is 1.72. The number of hydrogen-bond donors (Lipinski definition) is 3. The predicted octanol–water partition coefficient (Wildman–Crippen LogP) is 3.38. The van der Waals surface area contributed by atoms with Gasteiger partial charge in [-0.05, 0) is 46.2 Å². The van der Waals surface area contributed by atoms with Crippen LogP contribution in [0, 0.1) is 6.92 Å². The third-order valence-corrected chi connectivity index (χ3v) is 6.33. The minimum Gasteiger partial charge on any atom is -0.507 e. The maximum atomic E-state index is 13.7. The van der Waals surface area contributed by atoms with Crippen molar-refractivity contribution in [2.45, 2.75) is 46.0 Å². The molecular weight excluding hydrogens is 426 g/mol. The number of phenols is 2. The van der Waals surface area contributed by atoms with Gasteiger partial charge in [0.1, 0.15) is 39.7 Å². The Morgan fingerprint density at radius 2 is 1.91 bits per heavy atom. The molecule has 3 N–H and O–H groups in total. The molecule has 1 aromatic carbocycles. The molecule has 1 aliphatic heterocycles. The van der Waals surface area contributed by atoms with Crippen LogP contribution in [0.2, 0.25) is 0 Å². The minimum atomic E-state index is -1.51. The highest BCUT2D eigenvalue weighted by atomic mass is 16.5. The minimum absolute atomic E-state index is 0.0182. The van der Waals surface area contributed by atoms with Crippen LogP contribution in [0.5, 0.6) is 17.2 Å². The largest absolute Gasteiger partial charge is 0.507 e. The Labute approximate surface area is 190 Å². The summed E-state index contributed by atoms with van der Waals surface area (Å²) in [6.07, 6.45) is 4.25. The highest BCUT2D eigenvalue weighted by Gasteiger charge is 2.56. The molecule has 0 saturated carbocycles. The van der Waals surface area contributed by atoms with Gasteiger partial charge in [-0.2, -0.15) is 0 Å². The standard InChI is InChI=1S/C25H25NO7/c1-12-21(29)19(14(3)27)23-20(22(12)30)25(4)17(33-23)11-16(28)18(24(25)31)13(2)26-9-5-7-15-8-6-10-32-15/h6,8,10-11,26,29-30H,5,7,9H2,1-4H3/b18-13+/t25-/m0/s1. The lowest BCUT2D eigenvalue weighted by atomic mass is 9.70. The van der Waals surface area contributed by atoms with Crippen molar-refractivity contribution in [1.29, 1.82) is 0 Å². The van der Waals surface area contributed by atoms with Crippen molar-refractivity contribution in [3.63, 3.8) is 0 Å². The zero-order chi connectivity index (χ0) is 24.1. The summed E-state index contributed by atoms with van der Waals surface area (Å²) in [5.41, 5.74) is -1.12. The van der Waals surface area contributed by atoms with E-state index < -0.39 is 28.5 Å². The number of furan rings is 1. The fourth-order valence-corrected chi connectivity index (χ4v) is 4.44. The number of aromatic hydroxyl groups is 2. The molecule has 0 bridgehead atoms. The van der Waals surface area contributed by atoms with Crippen molar-refractivity contribution in [3.05, 3.63) is 64.0 Å². The van der Waals surface area contributed by atoms with Gasteiger partial charge in [0, 0.05) is 30.3 Å². The van der Waals surface area contributed by atoms with Crippen molar-refractivity contribution in [2.24, 2.45) is 0 Å². The molecule has 2 aromatic rings. The fourth-order valence-electron chi connectivity index (χ4n) is 4.44. The van der Waals surface area contributed by atoms with Gasteiger partial charge in [-0.25, -0.2) is 0 Å². The molecule has 0 amide bonds. The topological polar surface area (TPSA) is 126 Å². The van der Waals surface area contributed by atoms with Gasteiger partial charge in [0.2, 0.25) is 0 Å². The molecule has 2 heterocycles. The molecule has 33 heavy (non-hydrogen) atoms. The molecule has 1 aromatic heterocycles. The van der Waals surface area contributed by atoms with E-state index in [2.05, 4.69) is 5.32 Å². The summed E-state index contributed by atoms with van der Waals surface area (Å²) in [5, 5.41) is 24.4. The van der Waals surface area contributed by atoms with E-state index in [4.69, 9.17) is 9.15 Å². The number of hydrogen-bond acceptors (Lipinski definition) is 8. The number of carbonyl (C=O) groups is 3. The number of rotatable bonds is 6. The first-order valence-electron chi connectivity index (χ1n) is 10.6. The van der Waals surface area contributed by atoms with Crippen molar-refractivity contribution in [1.82, 2.24) is 5.32 Å². The van der Waals surface area contributed by atoms with E-state index in [1.54, 1.807) is 20.1 Å². The second-order valence-corrected chi connectivity index (χ2v) is 8.50. The van der Waals surface area contributed by atoms with E-state index in [0.29, 0.717) is 18.7 Å². The first-order valence-corrected chi connectivity index (χ1v) is 10.6. The lowest BCUT2D eigenvalue weighted by Gasteiger charge is -2.29. The summed E-state index contributed by atoms with van der Waals surface area (Å²) < 4.78 is 11.1. The summed E-state index contributed by atoms with van der Waals surface area (Å²) in [4.78, 5) is 38.8. The molecule has 2 aliphatic rings. The van der Waals surface area contributed by atoms with Crippen LogP contribution in [-0.2, 0) is 21.4 Å². The Hall–Kier alpha value is -3.81. The van der Waals surface area contributed by atoms with Crippen LogP contribution >= 0.6 is 0 Å². The maximum Gasteiger partial charge on any atom is 0.194 e. The predicted molar refractivity (Wildman–Crippen MR) is 118 cm³/mol. The first kappa shape index (κ1) is 22.4. The second kappa shape index (κ2) is 7.95. The Morgan fingerprint density at radius 1 is 1.18 bits per heavy atom. The third-order valence-electron chi connectivity index (χ3n) is 6.33. The van der Waals surface area contributed by atoms with E-state index in [0.717, 1.165) is 12.2 Å². The molecule has 0 fully saturated rings. The molecule has 8 heteroatoms. The Morgan fingerprint density at radius 3 is 2.55 bits per heavy atom. The van der Waals surface area contributed by atoms with Crippen LogP contribution < -0.4 is 10.1 Å². The molecule has 4 rings (SSSR count). The second-order valence-electron chi connectivity index (χ2n) is 8.50. The smallest absolute Gasteiger partial charge is 0.194 e. The number of nitrogens with one attached hydrogen (secondary N) is 1. The number of phenolic OH excluding ortho intramolecular Hbond substituents is 2. The van der Waals surface area contributed by atoms with Crippen LogP contribution in [0.25, 0.3) is 0 Å². The molecular formula is C25H25NO7. The number of Topliss-reactive ketones (excluding diaryl/α,β-unsaturated/α-hetero) is 2. The Kier molecular flexibility index (Phi) is 5.40. The summed E-state index contributed by atoms with van der Waals surface area (Å²) in [5.74, 6) is -1.54. The highest BCUT2D eigenvalue weighted by Crippen LogP contribution is 2.57. The van der Waals surface area contributed by atoms with Gasteiger partial charge in [-0.15, -0.1) is 0 Å². The molecule has 0 spiro atoms. The van der Waals surface area contributed by atoms with Gasteiger partial charge < -0.3 is 24.7 Å². The number of aryl methyl sites for hydroxylation is 1. The molecule has 0 radical (unpaired) electrons. The van der Waals surface area contributed by atoms with Gasteiger partial charge in [0.25, 0.3) is 0 Å². The van der Waals surface area contributed by atoms with E-state index in [9.17, 15) is 24.6 Å². The van der Waals surface area contributed by atoms with E-state index in [1.807, 2.05) is 12.1 Å². The molecule has 1 aliphatic carbocycles. The number of ether oxygens (including phenoxy) is 1. The number of carbonyl (C=O) groups excluding carboxylic acids is 3. The molecule has 172 valence electrons. The van der Waals surface area contributed by atoms with Gasteiger partial charge >= 0.3 is 0 Å². The lowest BCUT2D eigenvalue weighted by Crippen LogP contribution is -2.41. The van der Waals surface area contributed by atoms with Crippen LogP contribution in [-0.4, -0.2) is 34.1 Å². The first-order chi connectivity index (χ1) is 15.6. The van der Waals surface area contributed by atoms with Gasteiger partial charge in [-0.3, -0.25) is 14.4 Å². The average Bonchev–Trinajstić information content (AvgIpc) is 3.36. The van der Waals surface area contributed by atoms with Gasteiger partial charge in [0.05, 0.1) is 17.4 Å². The van der Waals surface area contributed by atoms with Crippen LogP contribution in [0.1, 0.15) is 54.4 Å². The van der Waals surface area contributed by atoms with Crippen LogP contribution in [0.4, 0.5) is 0 Å². The zero-order valence-electron chi connectivity index (χ0n) is 18.9. The zero-order valence-corrected chi connectivity index (χ0v) is 18.9. The van der Waals surface area contributed by atoms with Crippen molar-refractivity contribution in [2.75, 3.05) is 6.54 Å². The summed E-state index contributed by atoms with van der Waals surface area (Å²) >= 11 is 0. The van der Waals surface area contributed by atoms with Crippen LogP contribution in [0.15, 0.2) is 45.9 Å². The SMILES string of the molecule is CC(=O)c1c(O)c(C)c(O)c2c1OC1=CC(=O)/C(=C(/C)NCCCc3ccco3)C(=O)[C@@]12C. The van der Waals surface area contributed by atoms with Gasteiger partial charge in [-0.1, -0.05) is 0 Å². The number of fused-ring (bicyclic) bond motifs is 3.